The summed E-state index contributed by atoms with van der Waals surface area (Å²) >= 11 is 5.16. The number of rotatable bonds is 7. The number of nitrogens with zero attached hydrogens (tertiary/aromatic N) is 3. The van der Waals surface area contributed by atoms with E-state index < -0.39 is 0 Å². The molecule has 140 valence electrons. The minimum Gasteiger partial charge on any atom is -0.370 e. The maximum atomic E-state index is 11.2. The number of aromatic nitrogens is 1. The molecule has 7 heteroatoms. The predicted molar refractivity (Wildman–Crippen MR) is 110 cm³/mol. The number of carbonyl (C=O) groups is 1. The van der Waals surface area contributed by atoms with Crippen molar-refractivity contribution in [2.24, 2.45) is 5.73 Å². The fraction of sp³-hybridized carbons (Fsp3) is 0.474. The molecule has 1 saturated heterocycles. The van der Waals surface area contributed by atoms with Crippen LogP contribution in [0.5, 0.6) is 0 Å². The quantitative estimate of drug-likeness (QED) is 0.672. The Bertz CT molecular complexity index is 699. The Morgan fingerprint density at radius 3 is 2.77 bits per heavy atom. The number of primary amides is 1. The summed E-state index contributed by atoms with van der Waals surface area (Å²) < 4.78 is 0.854. The van der Waals surface area contributed by atoms with E-state index in [4.69, 9.17) is 5.73 Å². The van der Waals surface area contributed by atoms with Gasteiger partial charge < -0.3 is 10.6 Å². The van der Waals surface area contributed by atoms with Crippen LogP contribution in [0.15, 0.2) is 39.8 Å². The van der Waals surface area contributed by atoms with Crippen molar-refractivity contribution < 1.29 is 4.79 Å². The van der Waals surface area contributed by atoms with Crippen LogP contribution < -0.4 is 10.6 Å². The summed E-state index contributed by atoms with van der Waals surface area (Å²) in [5.41, 5.74) is 7.85. The van der Waals surface area contributed by atoms with Crippen molar-refractivity contribution in [3.8, 4) is 0 Å². The molecule has 2 aromatic rings. The molecule has 3 heterocycles. The number of thiophene rings is 1. The Labute approximate surface area is 167 Å². The molecule has 1 atom stereocenters. The smallest absolute Gasteiger partial charge is 0.218 e. The molecule has 0 aliphatic carbocycles. The number of hydrogen-bond acceptors (Lipinski definition) is 5. The summed E-state index contributed by atoms with van der Waals surface area (Å²) in [6, 6.07) is 7.00. The third kappa shape index (κ3) is 5.05. The van der Waals surface area contributed by atoms with E-state index in [0.29, 0.717) is 12.5 Å². The van der Waals surface area contributed by atoms with E-state index in [1.807, 2.05) is 12.3 Å². The number of hydrogen-bond donors (Lipinski definition) is 1. The highest BCUT2D eigenvalue weighted by molar-refractivity contribution is 9.10. The van der Waals surface area contributed by atoms with Crippen LogP contribution in [0.2, 0.25) is 0 Å². The summed E-state index contributed by atoms with van der Waals surface area (Å²) in [6.07, 6.45) is 4.52. The first kappa shape index (κ1) is 19.3. The van der Waals surface area contributed by atoms with E-state index >= 15 is 0 Å². The molecular formula is C19H25BrN4OS. The highest BCUT2D eigenvalue weighted by Crippen LogP contribution is 2.27. The lowest BCUT2D eigenvalue weighted by Crippen LogP contribution is -2.48. The second-order valence-corrected chi connectivity index (χ2v) is 8.48. The second-order valence-electron chi connectivity index (χ2n) is 6.89. The van der Waals surface area contributed by atoms with Gasteiger partial charge in [-0.1, -0.05) is 0 Å². The molecule has 0 aromatic carbocycles. The predicted octanol–water partition coefficient (Wildman–Crippen LogP) is 3.64. The van der Waals surface area contributed by atoms with Crippen molar-refractivity contribution in [2.45, 2.75) is 44.8 Å². The van der Waals surface area contributed by atoms with Gasteiger partial charge in [0.25, 0.3) is 0 Å². The van der Waals surface area contributed by atoms with Crippen LogP contribution >= 0.6 is 27.3 Å². The van der Waals surface area contributed by atoms with Crippen molar-refractivity contribution >= 4 is 38.9 Å². The van der Waals surface area contributed by atoms with Crippen molar-refractivity contribution in [1.29, 1.82) is 0 Å². The van der Waals surface area contributed by atoms with Crippen molar-refractivity contribution in [3.05, 3.63) is 45.3 Å². The first-order valence-corrected chi connectivity index (χ1v) is 10.7. The molecule has 1 aliphatic heterocycles. The molecule has 0 spiro atoms. The summed E-state index contributed by atoms with van der Waals surface area (Å²) in [5, 5.41) is 4.34. The van der Waals surface area contributed by atoms with Gasteiger partial charge in [-0.3, -0.25) is 9.69 Å². The molecule has 1 amide bonds. The van der Waals surface area contributed by atoms with Crippen molar-refractivity contribution in [2.75, 3.05) is 18.0 Å². The average Bonchev–Trinajstić information content (AvgIpc) is 3.13. The van der Waals surface area contributed by atoms with Crippen LogP contribution in [0.3, 0.4) is 0 Å². The van der Waals surface area contributed by atoms with Gasteiger partial charge in [0.15, 0.2) is 0 Å². The average molecular weight is 437 g/mol. The monoisotopic (exact) mass is 436 g/mol. The third-order valence-corrected chi connectivity index (χ3v) is 6.24. The highest BCUT2D eigenvalue weighted by Gasteiger charge is 2.28. The topological polar surface area (TPSA) is 62.5 Å². The zero-order chi connectivity index (χ0) is 18.5. The molecular weight excluding hydrogens is 412 g/mol. The van der Waals surface area contributed by atoms with Gasteiger partial charge in [-0.15, -0.1) is 0 Å². The standard InChI is InChI=1S/C19H25BrN4OS/c1-14(10-19(21)25)23-7-4-16(5-8-23)24(12-15-6-9-26-13-15)17-2-3-18(20)22-11-17/h2-3,6,9,11,13-14,16H,4-5,7-8,10,12H2,1H3,(H2,21,25). The highest BCUT2D eigenvalue weighted by atomic mass is 79.9. The van der Waals surface area contributed by atoms with Crippen LogP contribution in [0.25, 0.3) is 0 Å². The number of amides is 1. The lowest BCUT2D eigenvalue weighted by molar-refractivity contribution is -0.119. The maximum Gasteiger partial charge on any atom is 0.218 e. The molecule has 1 aliphatic rings. The molecule has 2 N–H and O–H groups in total. The van der Waals surface area contributed by atoms with E-state index in [9.17, 15) is 4.79 Å². The molecule has 1 fully saturated rings. The number of piperidine rings is 1. The van der Waals surface area contributed by atoms with Gasteiger partial charge in [-0.25, -0.2) is 4.98 Å². The lowest BCUT2D eigenvalue weighted by atomic mass is 9.99. The normalized spacial score (nSPS) is 17.2. The SMILES string of the molecule is CC(CC(N)=O)N1CCC(N(Cc2ccsc2)c2ccc(Br)nc2)CC1. The van der Waals surface area contributed by atoms with Gasteiger partial charge in [0.2, 0.25) is 5.91 Å². The minimum absolute atomic E-state index is 0.216. The van der Waals surface area contributed by atoms with Crippen LogP contribution in [0.4, 0.5) is 5.69 Å². The van der Waals surface area contributed by atoms with Crippen molar-refractivity contribution in [1.82, 2.24) is 9.88 Å². The van der Waals surface area contributed by atoms with Crippen LogP contribution in [-0.4, -0.2) is 41.0 Å². The molecule has 2 aromatic heterocycles. The van der Waals surface area contributed by atoms with E-state index in [2.05, 4.69) is 60.5 Å². The van der Waals surface area contributed by atoms with E-state index in [0.717, 1.165) is 42.8 Å². The minimum atomic E-state index is -0.223. The van der Waals surface area contributed by atoms with E-state index in [-0.39, 0.29) is 11.9 Å². The summed E-state index contributed by atoms with van der Waals surface area (Å²) in [6.45, 7) is 4.97. The summed E-state index contributed by atoms with van der Waals surface area (Å²) in [4.78, 5) is 20.5. The lowest BCUT2D eigenvalue weighted by Gasteiger charge is -2.41. The molecule has 0 saturated carbocycles. The van der Waals surface area contributed by atoms with Gasteiger partial charge in [0.1, 0.15) is 4.60 Å². The van der Waals surface area contributed by atoms with Gasteiger partial charge in [0.05, 0.1) is 11.9 Å². The molecule has 5 nitrogen and oxygen atoms in total. The fourth-order valence-corrected chi connectivity index (χ4v) is 4.50. The molecule has 26 heavy (non-hydrogen) atoms. The number of pyridine rings is 1. The van der Waals surface area contributed by atoms with E-state index in [1.165, 1.54) is 5.56 Å². The second kappa shape index (κ2) is 8.97. The van der Waals surface area contributed by atoms with Gasteiger partial charge in [0, 0.05) is 38.1 Å². The Balaban J connectivity index is 1.69. The number of likely N-dealkylation sites (tertiary alicyclic amines) is 1. The maximum absolute atomic E-state index is 11.2. The first-order chi connectivity index (χ1) is 12.5. The van der Waals surface area contributed by atoms with Crippen LogP contribution in [0, 0.1) is 0 Å². The Hall–Kier alpha value is -1.44. The number of halogens is 1. The largest absolute Gasteiger partial charge is 0.370 e. The number of anilines is 1. The summed E-state index contributed by atoms with van der Waals surface area (Å²) in [7, 11) is 0. The third-order valence-electron chi connectivity index (χ3n) is 5.04. The molecule has 3 rings (SSSR count). The van der Waals surface area contributed by atoms with Crippen molar-refractivity contribution in [3.63, 3.8) is 0 Å². The number of carbonyl (C=O) groups excluding carboxylic acids is 1. The molecule has 1 unspecified atom stereocenters. The zero-order valence-electron chi connectivity index (χ0n) is 15.0. The van der Waals surface area contributed by atoms with Crippen LogP contribution in [-0.2, 0) is 11.3 Å². The summed E-state index contributed by atoms with van der Waals surface area (Å²) in [5.74, 6) is -0.223. The van der Waals surface area contributed by atoms with Crippen LogP contribution in [0.1, 0.15) is 31.7 Å². The first-order valence-electron chi connectivity index (χ1n) is 8.94. The number of nitrogens with two attached hydrogens (primary N) is 1. The Kier molecular flexibility index (Phi) is 6.67. The van der Waals surface area contributed by atoms with E-state index in [1.54, 1.807) is 11.3 Å². The van der Waals surface area contributed by atoms with Gasteiger partial charge in [-0.2, -0.15) is 11.3 Å². The Morgan fingerprint density at radius 2 is 2.19 bits per heavy atom. The molecule has 0 bridgehead atoms. The zero-order valence-corrected chi connectivity index (χ0v) is 17.4. The van der Waals surface area contributed by atoms with Gasteiger partial charge in [-0.05, 0) is 70.2 Å². The Morgan fingerprint density at radius 1 is 1.42 bits per heavy atom. The van der Waals surface area contributed by atoms with Gasteiger partial charge >= 0.3 is 0 Å². The fourth-order valence-electron chi connectivity index (χ4n) is 3.61. The molecule has 0 radical (unpaired) electrons.